The van der Waals surface area contributed by atoms with Gasteiger partial charge in [-0.25, -0.2) is 0 Å². The first-order valence-electron chi connectivity index (χ1n) is 6.58. The van der Waals surface area contributed by atoms with Crippen LogP contribution in [0.4, 0.5) is 0 Å². The Morgan fingerprint density at radius 1 is 1.30 bits per heavy atom. The molecule has 8 atom stereocenters. The fraction of sp³-hybridized carbons (Fsp3) is 1.00. The second kappa shape index (κ2) is 6.13. The number of hydrogen-bond donors (Lipinski definition) is 4. The van der Waals surface area contributed by atoms with Gasteiger partial charge in [0.1, 0.15) is 12.2 Å². The maximum atomic E-state index is 10.00. The normalized spacial score (nSPS) is 53.2. The molecule has 20 heavy (non-hydrogen) atoms. The van der Waals surface area contributed by atoms with Crippen molar-refractivity contribution in [3.05, 3.63) is 0 Å². The largest absolute Gasteiger partial charge is 0.394 e. The van der Waals surface area contributed by atoms with Gasteiger partial charge in [0.15, 0.2) is 12.1 Å². The van der Waals surface area contributed by atoms with Crippen LogP contribution in [0, 0.1) is 0 Å². The summed E-state index contributed by atoms with van der Waals surface area (Å²) in [6, 6.07) is 0. The van der Waals surface area contributed by atoms with E-state index in [1.165, 1.54) is 0 Å². The molecule has 2 rings (SSSR count). The fourth-order valence-electron chi connectivity index (χ4n) is 2.53. The van der Waals surface area contributed by atoms with E-state index in [2.05, 4.69) is 15.9 Å². The summed E-state index contributed by atoms with van der Waals surface area (Å²) in [7, 11) is 0. The van der Waals surface area contributed by atoms with Gasteiger partial charge in [0.05, 0.1) is 29.7 Å². The van der Waals surface area contributed by atoms with Gasteiger partial charge in [-0.2, -0.15) is 0 Å². The van der Waals surface area contributed by atoms with Crippen LogP contribution >= 0.6 is 15.9 Å². The second-order valence-electron chi connectivity index (χ2n) is 5.46. The molecule has 0 bridgehead atoms. The molecule has 2 aliphatic heterocycles. The van der Waals surface area contributed by atoms with E-state index in [4.69, 9.17) is 14.2 Å². The average Bonchev–Trinajstić information content (AvgIpc) is 2.63. The topological polar surface area (TPSA) is 109 Å². The Kier molecular flexibility index (Phi) is 5.08. The van der Waals surface area contributed by atoms with E-state index >= 15 is 0 Å². The average molecular weight is 357 g/mol. The van der Waals surface area contributed by atoms with Gasteiger partial charge in [0.2, 0.25) is 0 Å². The number of ether oxygens (including phenoxy) is 3. The minimum Gasteiger partial charge on any atom is -0.394 e. The Labute approximate surface area is 125 Å². The molecule has 0 aromatic carbocycles. The van der Waals surface area contributed by atoms with Crippen molar-refractivity contribution in [2.75, 3.05) is 6.61 Å². The molecular formula is C12H21BrO7. The van der Waals surface area contributed by atoms with Crippen molar-refractivity contribution in [3.8, 4) is 0 Å². The van der Waals surface area contributed by atoms with Crippen LogP contribution in [0.2, 0.25) is 0 Å². The van der Waals surface area contributed by atoms with Crippen LogP contribution in [-0.2, 0) is 14.2 Å². The smallest absolute Gasteiger partial charge is 0.194 e. The van der Waals surface area contributed by atoms with E-state index in [0.29, 0.717) is 6.42 Å². The lowest BCUT2D eigenvalue weighted by Crippen LogP contribution is -2.59. The van der Waals surface area contributed by atoms with Crippen LogP contribution < -0.4 is 0 Å². The van der Waals surface area contributed by atoms with E-state index in [1.54, 1.807) is 13.8 Å². The van der Waals surface area contributed by atoms with Crippen LogP contribution in [0.15, 0.2) is 0 Å². The van der Waals surface area contributed by atoms with Crippen molar-refractivity contribution >= 4 is 15.9 Å². The van der Waals surface area contributed by atoms with Gasteiger partial charge in [0.25, 0.3) is 0 Å². The monoisotopic (exact) mass is 356 g/mol. The Morgan fingerprint density at radius 2 is 1.95 bits per heavy atom. The molecule has 2 heterocycles. The van der Waals surface area contributed by atoms with Crippen molar-refractivity contribution in [1.29, 1.82) is 0 Å². The third-order valence-corrected chi connectivity index (χ3v) is 4.88. The third kappa shape index (κ3) is 3.02. The van der Waals surface area contributed by atoms with Gasteiger partial charge in [0, 0.05) is 6.42 Å². The highest BCUT2D eigenvalue weighted by molar-refractivity contribution is 9.09. The molecule has 0 radical (unpaired) electrons. The Morgan fingerprint density at radius 3 is 2.45 bits per heavy atom. The highest BCUT2D eigenvalue weighted by atomic mass is 79.9. The fourth-order valence-corrected chi connectivity index (χ4v) is 3.13. The first-order chi connectivity index (χ1) is 9.28. The lowest BCUT2D eigenvalue weighted by molar-refractivity contribution is -0.358. The van der Waals surface area contributed by atoms with Crippen molar-refractivity contribution in [2.24, 2.45) is 0 Å². The zero-order chi connectivity index (χ0) is 15.1. The summed E-state index contributed by atoms with van der Waals surface area (Å²) in [5, 5.41) is 39.1. The lowest BCUT2D eigenvalue weighted by Gasteiger charge is -2.42. The molecule has 0 aromatic rings. The van der Waals surface area contributed by atoms with Gasteiger partial charge in [-0.15, -0.1) is 0 Å². The maximum Gasteiger partial charge on any atom is 0.194 e. The Balaban J connectivity index is 2.08. The van der Waals surface area contributed by atoms with E-state index in [0.717, 1.165) is 0 Å². The minimum absolute atomic E-state index is 0.182. The van der Waals surface area contributed by atoms with Gasteiger partial charge in [-0.1, -0.05) is 15.9 Å². The van der Waals surface area contributed by atoms with Crippen molar-refractivity contribution in [3.63, 3.8) is 0 Å². The SMILES string of the molecule is C[C@@H]1C[C@H](O)[C@](C)(O[C@H]2O[C@H](CO)[C@H](Br)[C@H](O)[C@H]2O)O1. The molecule has 0 spiro atoms. The van der Waals surface area contributed by atoms with E-state index in [1.807, 2.05) is 0 Å². The summed E-state index contributed by atoms with van der Waals surface area (Å²) in [6.45, 7) is 3.02. The van der Waals surface area contributed by atoms with Crippen molar-refractivity contribution in [1.82, 2.24) is 0 Å². The summed E-state index contributed by atoms with van der Waals surface area (Å²) in [5.41, 5.74) is 0. The summed E-state index contributed by atoms with van der Waals surface area (Å²) in [5.74, 6) is -1.32. The number of alkyl halides is 1. The van der Waals surface area contributed by atoms with E-state index < -0.39 is 41.3 Å². The van der Waals surface area contributed by atoms with Crippen molar-refractivity contribution in [2.45, 2.75) is 67.7 Å². The van der Waals surface area contributed by atoms with Crippen LogP contribution in [0.5, 0.6) is 0 Å². The third-order valence-electron chi connectivity index (χ3n) is 3.74. The molecular weight excluding hydrogens is 336 g/mol. The highest BCUT2D eigenvalue weighted by Crippen LogP contribution is 2.36. The number of hydrogen-bond acceptors (Lipinski definition) is 7. The van der Waals surface area contributed by atoms with Gasteiger partial charge < -0.3 is 34.6 Å². The number of halogens is 1. The van der Waals surface area contributed by atoms with Crippen LogP contribution in [-0.4, -0.2) is 74.5 Å². The molecule has 2 aliphatic rings. The molecule has 0 aliphatic carbocycles. The van der Waals surface area contributed by atoms with E-state index in [-0.39, 0.29) is 12.7 Å². The first kappa shape index (κ1) is 16.6. The molecule has 2 fully saturated rings. The predicted octanol–water partition coefficient (Wildman–Crippen LogP) is -0.909. The summed E-state index contributed by atoms with van der Waals surface area (Å²) in [6.07, 6.45) is -5.03. The molecule has 0 saturated carbocycles. The molecule has 8 heteroatoms. The molecule has 7 nitrogen and oxygen atoms in total. The number of aliphatic hydroxyl groups excluding tert-OH is 4. The molecule has 0 aromatic heterocycles. The number of rotatable bonds is 3. The summed E-state index contributed by atoms with van der Waals surface area (Å²) >= 11 is 3.16. The molecule has 0 unspecified atom stereocenters. The van der Waals surface area contributed by atoms with Crippen LogP contribution in [0.3, 0.4) is 0 Å². The zero-order valence-electron chi connectivity index (χ0n) is 11.3. The van der Waals surface area contributed by atoms with Gasteiger partial charge in [-0.05, 0) is 13.8 Å². The number of aliphatic hydroxyl groups is 4. The molecule has 118 valence electrons. The highest BCUT2D eigenvalue weighted by Gasteiger charge is 2.51. The Hall–Kier alpha value is 0.200. The molecule has 2 saturated heterocycles. The maximum absolute atomic E-state index is 10.00. The quantitative estimate of drug-likeness (QED) is 0.485. The lowest BCUT2D eigenvalue weighted by atomic mass is 10.0. The Bertz CT molecular complexity index is 342. The molecule has 4 N–H and O–H groups in total. The molecule has 0 amide bonds. The standard InChI is InChI=1S/C12H21BrO7/c1-5-3-7(15)12(2,19-5)20-11-10(17)9(16)8(13)6(4-14)18-11/h5-11,14-17H,3-4H2,1-2H3/t5-,6-,7+,8+,9+,10-,11-,12+/m1/s1. The predicted molar refractivity (Wildman–Crippen MR) is 71.1 cm³/mol. The zero-order valence-corrected chi connectivity index (χ0v) is 12.9. The summed E-state index contributed by atoms with van der Waals surface area (Å²) < 4.78 is 16.5. The van der Waals surface area contributed by atoms with Crippen LogP contribution in [0.25, 0.3) is 0 Å². The second-order valence-corrected chi connectivity index (χ2v) is 6.52. The van der Waals surface area contributed by atoms with E-state index in [9.17, 15) is 20.4 Å². The van der Waals surface area contributed by atoms with Gasteiger partial charge >= 0.3 is 0 Å². The van der Waals surface area contributed by atoms with Crippen molar-refractivity contribution < 1.29 is 34.6 Å². The van der Waals surface area contributed by atoms with Gasteiger partial charge in [-0.3, -0.25) is 0 Å². The summed E-state index contributed by atoms with van der Waals surface area (Å²) in [4.78, 5) is -0.608. The van der Waals surface area contributed by atoms with Crippen LogP contribution in [0.1, 0.15) is 20.3 Å². The minimum atomic E-state index is -1.32. The first-order valence-corrected chi connectivity index (χ1v) is 7.50.